The highest BCUT2D eigenvalue weighted by Gasteiger charge is 2.39. The predicted octanol–water partition coefficient (Wildman–Crippen LogP) is 5.58. The smallest absolute Gasteiger partial charge is 0.247 e. The minimum atomic E-state index is -3.75. The Kier molecular flexibility index (Phi) is 5.86. The first-order valence-corrected chi connectivity index (χ1v) is 12.2. The molecular weight excluding hydrogens is 432 g/mol. The molecule has 0 spiro atoms. The molecule has 5 nitrogen and oxygen atoms in total. The van der Waals surface area contributed by atoms with E-state index >= 15 is 0 Å². The van der Waals surface area contributed by atoms with Gasteiger partial charge in [-0.05, 0) is 29.3 Å². The highest BCUT2D eigenvalue weighted by molar-refractivity contribution is 7.89. The molecule has 0 fully saturated rings. The van der Waals surface area contributed by atoms with E-state index in [1.807, 2.05) is 91.0 Å². The number of ether oxygens (including phenoxy) is 1. The monoisotopic (exact) mass is 456 g/mol. The van der Waals surface area contributed by atoms with E-state index < -0.39 is 16.2 Å². The summed E-state index contributed by atoms with van der Waals surface area (Å²) in [6, 6.07) is 34.2. The van der Waals surface area contributed by atoms with Crippen molar-refractivity contribution < 1.29 is 13.2 Å². The van der Waals surface area contributed by atoms with Crippen LogP contribution < -0.4 is 10.1 Å². The standard InChI is InChI=1S/C27H24N2O3S/c30-33(31)26-18-10-8-16-24(26)28-27(29(33)19-21-11-3-1-4-12-21)23-15-7-9-17-25(23)32-20-22-13-5-2-6-14-22/h1-18,27-28H,19-20H2/t27-/m1/s1. The van der Waals surface area contributed by atoms with Crippen molar-refractivity contribution in [2.75, 3.05) is 5.32 Å². The van der Waals surface area contributed by atoms with Crippen LogP contribution in [0, 0.1) is 0 Å². The third-order valence-corrected chi connectivity index (χ3v) is 7.56. The minimum Gasteiger partial charge on any atom is -0.488 e. The molecule has 1 N–H and O–H groups in total. The normalized spacial score (nSPS) is 17.0. The zero-order valence-corrected chi connectivity index (χ0v) is 18.8. The number of nitrogens with one attached hydrogen (secondary N) is 1. The molecule has 1 atom stereocenters. The summed E-state index contributed by atoms with van der Waals surface area (Å²) in [7, 11) is -3.75. The van der Waals surface area contributed by atoms with E-state index in [4.69, 9.17) is 4.74 Å². The Bertz CT molecular complexity index is 1340. The number of sulfonamides is 1. The van der Waals surface area contributed by atoms with E-state index in [-0.39, 0.29) is 11.4 Å². The quantitative estimate of drug-likeness (QED) is 0.411. The van der Waals surface area contributed by atoms with Gasteiger partial charge in [0.05, 0.1) is 5.69 Å². The van der Waals surface area contributed by atoms with E-state index in [2.05, 4.69) is 5.32 Å². The van der Waals surface area contributed by atoms with Gasteiger partial charge in [0.2, 0.25) is 10.0 Å². The Labute approximate surface area is 194 Å². The van der Waals surface area contributed by atoms with Gasteiger partial charge in [-0.15, -0.1) is 0 Å². The lowest BCUT2D eigenvalue weighted by Gasteiger charge is -2.38. The molecule has 0 unspecified atom stereocenters. The molecule has 0 radical (unpaired) electrons. The van der Waals surface area contributed by atoms with Crippen LogP contribution in [-0.4, -0.2) is 12.7 Å². The van der Waals surface area contributed by atoms with Crippen LogP contribution in [0.5, 0.6) is 5.75 Å². The number of benzene rings is 4. The summed E-state index contributed by atoms with van der Waals surface area (Å²) in [5.41, 5.74) is 3.31. The van der Waals surface area contributed by atoms with Crippen LogP contribution in [-0.2, 0) is 23.2 Å². The Morgan fingerprint density at radius 1 is 0.727 bits per heavy atom. The maximum Gasteiger partial charge on any atom is 0.247 e. The topological polar surface area (TPSA) is 58.6 Å². The highest BCUT2D eigenvalue weighted by Crippen LogP contribution is 2.41. The van der Waals surface area contributed by atoms with Gasteiger partial charge in [-0.25, -0.2) is 8.42 Å². The van der Waals surface area contributed by atoms with Gasteiger partial charge in [0.1, 0.15) is 23.4 Å². The van der Waals surface area contributed by atoms with Crippen LogP contribution in [0.25, 0.3) is 0 Å². The second kappa shape index (κ2) is 9.10. The first kappa shape index (κ1) is 21.2. The summed E-state index contributed by atoms with van der Waals surface area (Å²) in [6.45, 7) is 0.634. The van der Waals surface area contributed by atoms with Gasteiger partial charge in [0, 0.05) is 12.1 Å². The fourth-order valence-electron chi connectivity index (χ4n) is 4.04. The van der Waals surface area contributed by atoms with Crippen molar-refractivity contribution in [2.24, 2.45) is 0 Å². The third-order valence-electron chi connectivity index (χ3n) is 5.69. The fourth-order valence-corrected chi connectivity index (χ4v) is 5.71. The van der Waals surface area contributed by atoms with Crippen LogP contribution in [0.3, 0.4) is 0 Å². The van der Waals surface area contributed by atoms with Crippen molar-refractivity contribution in [3.8, 4) is 5.75 Å². The van der Waals surface area contributed by atoms with Gasteiger partial charge in [-0.3, -0.25) is 0 Å². The van der Waals surface area contributed by atoms with E-state index in [9.17, 15) is 8.42 Å². The number of hydrogen-bond donors (Lipinski definition) is 1. The molecule has 0 saturated heterocycles. The molecule has 0 aromatic heterocycles. The molecule has 0 saturated carbocycles. The lowest BCUT2D eigenvalue weighted by Crippen LogP contribution is -2.42. The molecule has 0 bridgehead atoms. The van der Waals surface area contributed by atoms with Crippen molar-refractivity contribution in [1.82, 2.24) is 4.31 Å². The molecule has 4 aromatic rings. The SMILES string of the molecule is O=S1(=O)c2ccccc2N[C@@H](c2ccccc2OCc2ccccc2)N1Cc1ccccc1. The van der Waals surface area contributed by atoms with Gasteiger partial charge in [-0.2, -0.15) is 4.31 Å². The first-order chi connectivity index (χ1) is 16.1. The second-order valence-corrected chi connectivity index (χ2v) is 9.75. The number of para-hydroxylation sites is 2. The minimum absolute atomic E-state index is 0.238. The molecule has 1 aliphatic heterocycles. The van der Waals surface area contributed by atoms with Gasteiger partial charge < -0.3 is 10.1 Å². The molecule has 33 heavy (non-hydrogen) atoms. The number of nitrogens with zero attached hydrogens (tertiary/aromatic N) is 1. The summed E-state index contributed by atoms with van der Waals surface area (Å²) in [5, 5.41) is 3.44. The molecule has 6 heteroatoms. The number of rotatable bonds is 6. The number of fused-ring (bicyclic) bond motifs is 1. The zero-order chi connectivity index (χ0) is 22.7. The largest absolute Gasteiger partial charge is 0.488 e. The zero-order valence-electron chi connectivity index (χ0n) is 18.0. The molecule has 1 aliphatic rings. The van der Waals surface area contributed by atoms with Crippen molar-refractivity contribution >= 4 is 15.7 Å². The van der Waals surface area contributed by atoms with Crippen molar-refractivity contribution in [3.63, 3.8) is 0 Å². The summed E-state index contributed by atoms with van der Waals surface area (Å²) >= 11 is 0. The van der Waals surface area contributed by atoms with Crippen molar-refractivity contribution in [2.45, 2.75) is 24.2 Å². The molecule has 0 amide bonds. The Balaban J connectivity index is 1.55. The fraction of sp³-hybridized carbons (Fsp3) is 0.111. The molecule has 5 rings (SSSR count). The van der Waals surface area contributed by atoms with Crippen LogP contribution in [0.15, 0.2) is 114 Å². The van der Waals surface area contributed by atoms with E-state index in [0.717, 1.165) is 16.7 Å². The maximum atomic E-state index is 13.7. The predicted molar refractivity (Wildman–Crippen MR) is 129 cm³/mol. The molecule has 0 aliphatic carbocycles. The number of anilines is 1. The van der Waals surface area contributed by atoms with Crippen LogP contribution >= 0.6 is 0 Å². The lowest BCUT2D eigenvalue weighted by molar-refractivity contribution is 0.285. The Morgan fingerprint density at radius 2 is 1.33 bits per heavy atom. The average molecular weight is 457 g/mol. The summed E-state index contributed by atoms with van der Waals surface area (Å²) in [6.07, 6.45) is -0.614. The lowest BCUT2D eigenvalue weighted by atomic mass is 10.1. The van der Waals surface area contributed by atoms with Gasteiger partial charge in [-0.1, -0.05) is 91.0 Å². The van der Waals surface area contributed by atoms with E-state index in [1.54, 1.807) is 18.2 Å². The molecule has 166 valence electrons. The number of hydrogen-bond acceptors (Lipinski definition) is 4. The molecule has 4 aromatic carbocycles. The molecule has 1 heterocycles. The third kappa shape index (κ3) is 4.35. The van der Waals surface area contributed by atoms with Crippen LogP contribution in [0.4, 0.5) is 5.69 Å². The van der Waals surface area contributed by atoms with Gasteiger partial charge in [0.25, 0.3) is 0 Å². The van der Waals surface area contributed by atoms with Gasteiger partial charge >= 0.3 is 0 Å². The highest BCUT2D eigenvalue weighted by atomic mass is 32.2. The maximum absolute atomic E-state index is 13.7. The van der Waals surface area contributed by atoms with Gasteiger partial charge in [0.15, 0.2) is 0 Å². The van der Waals surface area contributed by atoms with E-state index in [1.165, 1.54) is 4.31 Å². The summed E-state index contributed by atoms with van der Waals surface area (Å²) in [5.74, 6) is 0.645. The summed E-state index contributed by atoms with van der Waals surface area (Å²) < 4.78 is 35.1. The average Bonchev–Trinajstić information content (AvgIpc) is 2.86. The summed E-state index contributed by atoms with van der Waals surface area (Å²) in [4.78, 5) is 0.278. The first-order valence-electron chi connectivity index (χ1n) is 10.8. The Hall–Kier alpha value is -3.61. The van der Waals surface area contributed by atoms with Crippen LogP contribution in [0.1, 0.15) is 22.9 Å². The van der Waals surface area contributed by atoms with Crippen molar-refractivity contribution in [3.05, 3.63) is 126 Å². The molecular formula is C27H24N2O3S. The Morgan fingerprint density at radius 3 is 2.09 bits per heavy atom. The van der Waals surface area contributed by atoms with Crippen LogP contribution in [0.2, 0.25) is 0 Å². The second-order valence-electron chi connectivity index (χ2n) is 7.89. The van der Waals surface area contributed by atoms with E-state index in [0.29, 0.717) is 18.0 Å². The van der Waals surface area contributed by atoms with Crippen molar-refractivity contribution in [1.29, 1.82) is 0 Å².